The fraction of sp³-hybridized carbons (Fsp3) is 0.500. The van der Waals surface area contributed by atoms with Gasteiger partial charge in [0.25, 0.3) is 5.91 Å². The molecule has 0 spiro atoms. The van der Waals surface area contributed by atoms with Gasteiger partial charge in [-0.2, -0.15) is 0 Å². The van der Waals surface area contributed by atoms with Gasteiger partial charge in [-0.1, -0.05) is 29.8 Å². The van der Waals surface area contributed by atoms with Crippen molar-refractivity contribution in [3.05, 3.63) is 69.7 Å². The summed E-state index contributed by atoms with van der Waals surface area (Å²) >= 11 is 6.27. The third-order valence-corrected chi connectivity index (χ3v) is 6.84. The average Bonchev–Trinajstić information content (AvgIpc) is 2.91. The van der Waals surface area contributed by atoms with Crippen LogP contribution in [0.5, 0.6) is 0 Å². The van der Waals surface area contributed by atoms with Crippen LogP contribution in [-0.4, -0.2) is 65.1 Å². The predicted molar refractivity (Wildman–Crippen MR) is 144 cm³/mol. The Labute approximate surface area is 224 Å². The van der Waals surface area contributed by atoms with E-state index in [4.69, 9.17) is 21.1 Å². The van der Waals surface area contributed by atoms with Crippen LogP contribution in [0.1, 0.15) is 52.4 Å². The van der Waals surface area contributed by atoms with E-state index in [2.05, 4.69) is 20.7 Å². The Hall–Kier alpha value is -2.65. The van der Waals surface area contributed by atoms with Gasteiger partial charge in [-0.15, -0.1) is 0 Å². The number of hydrogen-bond donors (Lipinski definition) is 3. The zero-order valence-electron chi connectivity index (χ0n) is 21.8. The van der Waals surface area contributed by atoms with E-state index < -0.39 is 12.2 Å². The first kappa shape index (κ1) is 28.9. The van der Waals surface area contributed by atoms with E-state index in [-0.39, 0.29) is 25.1 Å². The maximum Gasteiger partial charge on any atom is 0.406 e. The van der Waals surface area contributed by atoms with Gasteiger partial charge in [0.15, 0.2) is 0 Å². The van der Waals surface area contributed by atoms with E-state index in [1.807, 2.05) is 50.4 Å². The number of halogens is 1. The number of hydrogen-bond acceptors (Lipinski definition) is 6. The van der Waals surface area contributed by atoms with Crippen LogP contribution in [0, 0.1) is 12.8 Å². The molecule has 2 aromatic carbocycles. The number of amides is 2. The van der Waals surface area contributed by atoms with Crippen LogP contribution < -0.4 is 16.0 Å². The van der Waals surface area contributed by atoms with Crippen molar-refractivity contribution in [3.8, 4) is 0 Å². The second-order valence-corrected chi connectivity index (χ2v) is 9.75. The first-order chi connectivity index (χ1) is 17.9. The molecule has 1 heterocycles. The van der Waals surface area contributed by atoms with E-state index in [1.54, 1.807) is 6.07 Å². The van der Waals surface area contributed by atoms with Crippen molar-refractivity contribution in [2.24, 2.45) is 5.92 Å². The number of nitrogens with one attached hydrogen (secondary N) is 3. The first-order valence-electron chi connectivity index (χ1n) is 12.7. The largest absolute Gasteiger partial charge is 0.453 e. The number of likely N-dealkylation sites (N-methyl/N-ethyl adjacent to an activating group) is 1. The maximum absolute atomic E-state index is 13.1. The summed E-state index contributed by atoms with van der Waals surface area (Å²) < 4.78 is 16.4. The second kappa shape index (κ2) is 14.9. The number of methoxy groups -OCH3 is 1. The molecular formula is C28H38ClN3O5. The number of aryl methyl sites for hydroxylation is 1. The Bertz CT molecular complexity index is 1030. The molecule has 9 heteroatoms. The van der Waals surface area contributed by atoms with Gasteiger partial charge >= 0.3 is 6.09 Å². The van der Waals surface area contributed by atoms with Gasteiger partial charge < -0.3 is 30.2 Å². The summed E-state index contributed by atoms with van der Waals surface area (Å²) in [7, 11) is 3.24. The number of carbonyl (C=O) groups is 2. The highest BCUT2D eigenvalue weighted by molar-refractivity contribution is 6.30. The summed E-state index contributed by atoms with van der Waals surface area (Å²) in [6, 6.07) is 13.2. The summed E-state index contributed by atoms with van der Waals surface area (Å²) in [5.74, 6) is 0.372. The Morgan fingerprint density at radius 3 is 2.73 bits per heavy atom. The first-order valence-corrected chi connectivity index (χ1v) is 13.1. The standard InChI is InChI=1S/C28H38ClN3O5/c1-19-9-10-22(27(33)32-17-24(30-2)14-20-6-5-12-36-18-20)16-25(19)26(21-7-4-8-23(29)15-21)37-13-11-31-28(34)35-3/h4,7-10,15-16,20,24,26,30H,5-6,11-14,17-18H2,1-3H3,(H,31,34)(H,32,33)/t20-,24+,26+/m1/s1. The molecule has 1 fully saturated rings. The average molecular weight is 532 g/mol. The van der Waals surface area contributed by atoms with Crippen molar-refractivity contribution < 1.29 is 23.8 Å². The maximum atomic E-state index is 13.1. The number of rotatable bonds is 12. The van der Waals surface area contributed by atoms with E-state index in [9.17, 15) is 9.59 Å². The molecule has 0 bridgehead atoms. The summed E-state index contributed by atoms with van der Waals surface area (Å²) in [4.78, 5) is 24.5. The van der Waals surface area contributed by atoms with Crippen molar-refractivity contribution in [1.29, 1.82) is 0 Å². The molecule has 1 aliphatic rings. The van der Waals surface area contributed by atoms with Crippen LogP contribution in [0.4, 0.5) is 4.79 Å². The fourth-order valence-corrected chi connectivity index (χ4v) is 4.72. The minimum atomic E-state index is -0.520. The van der Waals surface area contributed by atoms with Crippen LogP contribution in [0.25, 0.3) is 0 Å². The molecule has 3 N–H and O–H groups in total. The van der Waals surface area contributed by atoms with Gasteiger partial charge in [-0.25, -0.2) is 4.79 Å². The van der Waals surface area contributed by atoms with Crippen molar-refractivity contribution in [3.63, 3.8) is 0 Å². The number of ether oxygens (including phenoxy) is 3. The minimum Gasteiger partial charge on any atom is -0.453 e. The molecule has 37 heavy (non-hydrogen) atoms. The highest BCUT2D eigenvalue weighted by atomic mass is 35.5. The molecule has 0 aliphatic carbocycles. The molecule has 2 aromatic rings. The molecule has 202 valence electrons. The lowest BCUT2D eigenvalue weighted by Crippen LogP contribution is -2.41. The highest BCUT2D eigenvalue weighted by Gasteiger charge is 2.22. The monoisotopic (exact) mass is 531 g/mol. The van der Waals surface area contributed by atoms with Gasteiger partial charge in [-0.3, -0.25) is 4.79 Å². The summed E-state index contributed by atoms with van der Waals surface area (Å²) in [6.45, 7) is 4.66. The lowest BCUT2D eigenvalue weighted by Gasteiger charge is -2.26. The molecule has 3 atom stereocenters. The van der Waals surface area contributed by atoms with Crippen LogP contribution in [0.2, 0.25) is 5.02 Å². The molecule has 0 saturated carbocycles. The van der Waals surface area contributed by atoms with Crippen molar-refractivity contribution >= 4 is 23.6 Å². The second-order valence-electron chi connectivity index (χ2n) is 9.31. The van der Waals surface area contributed by atoms with Crippen LogP contribution >= 0.6 is 11.6 Å². The quantitative estimate of drug-likeness (QED) is 0.354. The van der Waals surface area contributed by atoms with Crippen LogP contribution in [-0.2, 0) is 14.2 Å². The SMILES string of the molecule is CN[C@H](CNC(=O)c1ccc(C)c([C@@H](OCCNC(=O)OC)c2cccc(Cl)c2)c1)C[C@H]1CCCOC1. The third kappa shape index (κ3) is 9.00. The molecule has 0 aromatic heterocycles. The molecular weight excluding hydrogens is 494 g/mol. The van der Waals surface area contributed by atoms with Crippen molar-refractivity contribution in [2.75, 3.05) is 47.1 Å². The molecule has 8 nitrogen and oxygen atoms in total. The van der Waals surface area contributed by atoms with E-state index >= 15 is 0 Å². The molecule has 0 radical (unpaired) electrons. The van der Waals surface area contributed by atoms with Gasteiger partial charge in [0, 0.05) is 42.9 Å². The minimum absolute atomic E-state index is 0.140. The normalized spacial score (nSPS) is 17.0. The lowest BCUT2D eigenvalue weighted by molar-refractivity contribution is 0.0478. The number of alkyl carbamates (subject to hydrolysis) is 1. The zero-order valence-corrected chi connectivity index (χ0v) is 22.6. The number of benzene rings is 2. The summed E-state index contributed by atoms with van der Waals surface area (Å²) in [5.41, 5.74) is 3.25. The Kier molecular flexibility index (Phi) is 11.7. The Morgan fingerprint density at radius 2 is 2.03 bits per heavy atom. The van der Waals surface area contributed by atoms with Crippen LogP contribution in [0.3, 0.4) is 0 Å². The highest BCUT2D eigenvalue weighted by Crippen LogP contribution is 2.31. The summed E-state index contributed by atoms with van der Waals surface area (Å²) in [5, 5.41) is 9.61. The topological polar surface area (TPSA) is 97.9 Å². The zero-order chi connectivity index (χ0) is 26.6. The Morgan fingerprint density at radius 1 is 1.19 bits per heavy atom. The van der Waals surface area contributed by atoms with Crippen LogP contribution in [0.15, 0.2) is 42.5 Å². The van der Waals surface area contributed by atoms with E-state index in [0.29, 0.717) is 23.0 Å². The summed E-state index contributed by atoms with van der Waals surface area (Å²) in [6.07, 6.45) is 2.22. The van der Waals surface area contributed by atoms with Gasteiger partial charge in [-0.05, 0) is 80.1 Å². The lowest BCUT2D eigenvalue weighted by atomic mass is 9.94. The van der Waals surface area contributed by atoms with Gasteiger partial charge in [0.1, 0.15) is 6.10 Å². The predicted octanol–water partition coefficient (Wildman–Crippen LogP) is 4.24. The molecule has 3 rings (SSSR count). The molecule has 0 unspecified atom stereocenters. The molecule has 1 aliphatic heterocycles. The Balaban J connectivity index is 1.72. The van der Waals surface area contributed by atoms with Gasteiger partial charge in [0.05, 0.1) is 13.7 Å². The number of carbonyl (C=O) groups excluding carboxylic acids is 2. The van der Waals surface area contributed by atoms with Crippen molar-refractivity contribution in [2.45, 2.75) is 38.3 Å². The smallest absolute Gasteiger partial charge is 0.406 e. The van der Waals surface area contributed by atoms with E-state index in [0.717, 1.165) is 49.2 Å². The molecule has 2 amide bonds. The van der Waals surface area contributed by atoms with Gasteiger partial charge in [0.2, 0.25) is 0 Å². The third-order valence-electron chi connectivity index (χ3n) is 6.61. The fourth-order valence-electron chi connectivity index (χ4n) is 4.52. The van der Waals surface area contributed by atoms with E-state index in [1.165, 1.54) is 7.11 Å². The van der Waals surface area contributed by atoms with Crippen molar-refractivity contribution in [1.82, 2.24) is 16.0 Å². The molecule has 1 saturated heterocycles.